The molecule has 7 aromatic rings. The van der Waals surface area contributed by atoms with Crippen molar-refractivity contribution in [2.75, 3.05) is 0 Å². The normalized spacial score (nSPS) is 12.5. The number of phenols is 4. The molecule has 0 spiro atoms. The second-order valence-electron chi connectivity index (χ2n) is 15.1. The molecule has 1 aliphatic carbocycles. The molecule has 8 rings (SSSR count). The van der Waals surface area contributed by atoms with Crippen molar-refractivity contribution in [1.29, 1.82) is 0 Å². The second-order valence-corrected chi connectivity index (χ2v) is 16.9. The number of aromatic hydroxyl groups is 4. The summed E-state index contributed by atoms with van der Waals surface area (Å²) >= 11 is 0. The summed E-state index contributed by atoms with van der Waals surface area (Å²) in [5.74, 6) is -0.342. The lowest BCUT2D eigenvalue weighted by molar-refractivity contribution is -0.671. The zero-order valence-corrected chi connectivity index (χ0v) is 35.5. The largest absolute Gasteiger partial charge is 0.507 e. The number of hydrogen-bond donors (Lipinski definition) is 5. The molecule has 2 heterocycles. The molecular weight excluding hydrogens is 841 g/mol. The Morgan fingerprint density at radius 2 is 0.825 bits per heavy atom. The predicted octanol–water partition coefficient (Wildman–Crippen LogP) is 6.87. The van der Waals surface area contributed by atoms with Crippen molar-refractivity contribution in [3.05, 3.63) is 201 Å². The lowest BCUT2D eigenvalue weighted by Crippen LogP contribution is -2.28. The molecule has 0 radical (unpaired) electrons. The van der Waals surface area contributed by atoms with Crippen LogP contribution in [-0.4, -0.2) is 46.0 Å². The van der Waals surface area contributed by atoms with Gasteiger partial charge in [0.25, 0.3) is 10.1 Å². The first-order chi connectivity index (χ1) is 30.1. The highest BCUT2D eigenvalue weighted by Gasteiger charge is 2.23. The lowest BCUT2D eigenvalue weighted by atomic mass is 9.89. The highest BCUT2D eigenvalue weighted by molar-refractivity contribution is 7.85. The van der Waals surface area contributed by atoms with Gasteiger partial charge in [0.1, 0.15) is 30.0 Å². The summed E-state index contributed by atoms with van der Waals surface area (Å²) in [5.41, 5.74) is 7.54. The van der Waals surface area contributed by atoms with Gasteiger partial charge >= 0.3 is 10.6 Å². The van der Waals surface area contributed by atoms with Crippen molar-refractivity contribution in [3.8, 4) is 28.7 Å². The Morgan fingerprint density at radius 3 is 1.24 bits per heavy atom. The number of phenolic OH excluding ortho intramolecular Hbond substituents is 4. The van der Waals surface area contributed by atoms with Gasteiger partial charge in [-0.25, -0.2) is 4.57 Å². The summed E-state index contributed by atoms with van der Waals surface area (Å²) in [4.78, 5) is -0.429. The van der Waals surface area contributed by atoms with Gasteiger partial charge in [0.2, 0.25) is 5.69 Å². The molecule has 63 heavy (non-hydrogen) atoms. The number of rotatable bonds is 6. The number of para-hydroxylation sites is 2. The topological polar surface area (TPSA) is 194 Å². The Balaban J connectivity index is 0.00000143. The van der Waals surface area contributed by atoms with E-state index < -0.39 is 25.6 Å². The van der Waals surface area contributed by atoms with Gasteiger partial charge < -0.3 is 20.4 Å². The van der Waals surface area contributed by atoms with Crippen molar-refractivity contribution < 1.29 is 55.2 Å². The van der Waals surface area contributed by atoms with Gasteiger partial charge in [-0.2, -0.15) is 13.0 Å². The summed E-state index contributed by atoms with van der Waals surface area (Å²) in [7, 11) is -5.92. The van der Waals surface area contributed by atoms with Crippen LogP contribution in [0.4, 0.5) is 0 Å². The first-order valence-electron chi connectivity index (χ1n) is 19.6. The highest BCUT2D eigenvalue weighted by Crippen LogP contribution is 2.39. The molecule has 0 saturated carbocycles. The molecule has 12 nitrogen and oxygen atoms in total. The molecule has 0 saturated heterocycles. The summed E-state index contributed by atoms with van der Waals surface area (Å²) in [6, 6.07) is 32.8. The van der Waals surface area contributed by atoms with Gasteiger partial charge in [0, 0.05) is 73.2 Å². The molecule has 318 valence electrons. The van der Waals surface area contributed by atoms with Gasteiger partial charge in [0.15, 0.2) is 24.8 Å². The lowest BCUT2D eigenvalue weighted by Gasteiger charge is -2.18. The fourth-order valence-corrected chi connectivity index (χ4v) is 8.11. The minimum absolute atomic E-state index is 0.0391. The Morgan fingerprint density at radius 1 is 0.476 bits per heavy atom. The van der Waals surface area contributed by atoms with E-state index in [0.29, 0.717) is 33.4 Å². The fraction of sp³-hybridized carbons (Fsp3) is 0.102. The van der Waals surface area contributed by atoms with E-state index in [1.165, 1.54) is 12.1 Å². The molecule has 5 N–H and O–H groups in total. The molecule has 2 aromatic heterocycles. The number of aryl methyl sites for hydroxylation is 1. The monoisotopic (exact) mass is 882 g/mol. The van der Waals surface area contributed by atoms with Crippen molar-refractivity contribution in [2.24, 2.45) is 7.05 Å². The molecule has 0 fully saturated rings. The second kappa shape index (κ2) is 18.7. The van der Waals surface area contributed by atoms with Gasteiger partial charge in [-0.15, -0.1) is 12.6 Å². The summed E-state index contributed by atoms with van der Waals surface area (Å²) in [5, 5.41) is 47.1. The molecule has 0 atom stereocenters. The molecule has 5 aromatic carbocycles. The minimum atomic E-state index is -4.74. The van der Waals surface area contributed by atoms with Crippen LogP contribution < -0.4 is 9.13 Å². The number of fused-ring (bicyclic) bond motifs is 8. The zero-order chi connectivity index (χ0) is 44.8. The van der Waals surface area contributed by atoms with E-state index in [9.17, 15) is 33.4 Å². The van der Waals surface area contributed by atoms with Crippen LogP contribution in [0.25, 0.3) is 30.0 Å². The maximum absolute atomic E-state index is 12.7. The minimum Gasteiger partial charge on any atom is -0.507 e. The Hall–Kier alpha value is -7.39. The van der Waals surface area contributed by atoms with Crippen molar-refractivity contribution >= 4 is 45.0 Å². The Bertz CT molecular complexity index is 3130. The Kier molecular flexibility index (Phi) is 13.0. The van der Waals surface area contributed by atoms with E-state index in [2.05, 4.69) is 0 Å². The van der Waals surface area contributed by atoms with Crippen LogP contribution in [0, 0.1) is 0 Å². The molecule has 14 heteroatoms. The van der Waals surface area contributed by atoms with Crippen LogP contribution in [0.3, 0.4) is 0 Å². The first-order valence-corrected chi connectivity index (χ1v) is 22.0. The third-order valence-corrected chi connectivity index (χ3v) is 11.5. The molecule has 0 amide bonds. The van der Waals surface area contributed by atoms with Crippen LogP contribution in [0.15, 0.2) is 139 Å². The third kappa shape index (κ3) is 10.7. The standard InChI is InChI=1S/C49H40N2O7S.O3S/c1-50-18-14-32(15-19-50)10-12-34-22-38-26-36-6-5-7-37(46(36)52)27-39-23-35(13-11-33-16-20-51(21-17-33)44-8-3-2-4-9-44)25-41(48(39)54)29-43-31-45(59(56,57)58)30-42(49(43)55)28-40(24-34)47(38)53;1-4(2)3/h2-25,30-31H,26-29H2,1H3,(H3,52,55,56,57,58);/p+2. The van der Waals surface area contributed by atoms with Crippen molar-refractivity contribution in [1.82, 2.24) is 0 Å². The van der Waals surface area contributed by atoms with Crippen LogP contribution in [0.1, 0.15) is 66.8 Å². The van der Waals surface area contributed by atoms with Gasteiger partial charge in [0.05, 0.1) is 4.90 Å². The van der Waals surface area contributed by atoms with Crippen molar-refractivity contribution in [3.63, 3.8) is 0 Å². The molecule has 8 bridgehead atoms. The SMILES string of the molecule is C[n+]1ccc(/C=C/c2cc3c(O)c(c2)Cc2cc(S(=O)(=O)O)cc(c2O)Cc2cc(/C=C/c4cc[n+](-c5ccccc5)cc4)cc(c2O)Cc2cccc(c2O)C3)cc1.O=S(=O)=O. The summed E-state index contributed by atoms with van der Waals surface area (Å²) in [6.07, 6.45) is 15.5. The van der Waals surface area contributed by atoms with Crippen LogP contribution in [0.2, 0.25) is 0 Å². The van der Waals surface area contributed by atoms with E-state index in [4.69, 9.17) is 12.6 Å². The van der Waals surface area contributed by atoms with E-state index in [1.807, 2.05) is 138 Å². The maximum Gasteiger partial charge on any atom is 0.425 e. The number of nitrogens with zero attached hydrogens (tertiary/aromatic N) is 2. The van der Waals surface area contributed by atoms with E-state index in [0.717, 1.165) is 27.9 Å². The average molecular weight is 883 g/mol. The van der Waals surface area contributed by atoms with Crippen LogP contribution in [0.5, 0.6) is 23.0 Å². The number of hydrogen-bond acceptors (Lipinski definition) is 9. The van der Waals surface area contributed by atoms with Crippen LogP contribution >= 0.6 is 0 Å². The molecule has 0 unspecified atom stereocenters. The molecule has 1 aliphatic rings. The van der Waals surface area contributed by atoms with E-state index in [-0.39, 0.29) is 59.8 Å². The highest BCUT2D eigenvalue weighted by atomic mass is 32.2. The molecular formula is C49H42N2O10S2+2. The predicted molar refractivity (Wildman–Crippen MR) is 237 cm³/mol. The summed E-state index contributed by atoms with van der Waals surface area (Å²) < 4.78 is 64.9. The van der Waals surface area contributed by atoms with Gasteiger partial charge in [-0.1, -0.05) is 60.7 Å². The number of aromatic nitrogens is 2. The third-order valence-electron chi connectivity index (χ3n) is 10.7. The Labute approximate surface area is 365 Å². The van der Waals surface area contributed by atoms with Crippen molar-refractivity contribution in [2.45, 2.75) is 30.6 Å². The van der Waals surface area contributed by atoms with Crippen LogP contribution in [-0.2, 0) is 53.5 Å². The first kappa shape index (κ1) is 43.7. The molecule has 0 aliphatic heterocycles. The van der Waals surface area contributed by atoms with Gasteiger partial charge in [-0.3, -0.25) is 4.55 Å². The smallest absolute Gasteiger partial charge is 0.425 e. The number of benzene rings is 5. The van der Waals surface area contributed by atoms with E-state index in [1.54, 1.807) is 24.3 Å². The average Bonchev–Trinajstić information content (AvgIpc) is 3.25. The fourth-order valence-electron chi connectivity index (χ4n) is 7.53. The quantitative estimate of drug-likeness (QED) is 0.0869. The van der Waals surface area contributed by atoms with Gasteiger partial charge in [-0.05, 0) is 92.0 Å². The summed E-state index contributed by atoms with van der Waals surface area (Å²) in [6.45, 7) is 0. The van der Waals surface area contributed by atoms with E-state index >= 15 is 0 Å². The number of pyridine rings is 2. The maximum atomic E-state index is 12.7. The zero-order valence-electron chi connectivity index (χ0n) is 33.8.